The fourth-order valence-corrected chi connectivity index (χ4v) is 3.01. The number of carbonyl (C=O) groups is 1. The van der Waals surface area contributed by atoms with E-state index in [1.807, 2.05) is 30.6 Å². The smallest absolute Gasteiger partial charge is 0.320 e. The average Bonchev–Trinajstić information content (AvgIpc) is 2.56. The van der Waals surface area contributed by atoms with Crippen LogP contribution in [0, 0.1) is 0 Å². The summed E-state index contributed by atoms with van der Waals surface area (Å²) in [6.07, 6.45) is 1.82. The van der Waals surface area contributed by atoms with Gasteiger partial charge in [0.15, 0.2) is 0 Å². The molecule has 1 N–H and O–H groups in total. The number of thioether (sulfide) groups is 1. The maximum Gasteiger partial charge on any atom is 0.320 e. The summed E-state index contributed by atoms with van der Waals surface area (Å²) in [5.41, 5.74) is 0. The van der Waals surface area contributed by atoms with Gasteiger partial charge in [-0.25, -0.2) is 0 Å². The van der Waals surface area contributed by atoms with E-state index in [1.54, 1.807) is 0 Å². The van der Waals surface area contributed by atoms with E-state index in [0.29, 0.717) is 12.5 Å². The standard InChI is InChI=1S/C9H17NO2S/c1-3-8(9(11)12)10(2)7-4-5-13-6-7/h7-8H,3-6H2,1-2H3,(H,11,12). The van der Waals surface area contributed by atoms with Crippen LogP contribution in [0.15, 0.2) is 0 Å². The number of rotatable bonds is 4. The molecule has 0 aliphatic carbocycles. The fraction of sp³-hybridized carbons (Fsp3) is 0.889. The number of hydrogen-bond acceptors (Lipinski definition) is 3. The van der Waals surface area contributed by atoms with Crippen molar-refractivity contribution in [2.24, 2.45) is 0 Å². The van der Waals surface area contributed by atoms with Crippen LogP contribution in [0.1, 0.15) is 19.8 Å². The van der Waals surface area contributed by atoms with Gasteiger partial charge >= 0.3 is 5.97 Å². The van der Waals surface area contributed by atoms with Crippen LogP contribution in [0.5, 0.6) is 0 Å². The number of carboxylic acids is 1. The van der Waals surface area contributed by atoms with Crippen molar-refractivity contribution in [3.05, 3.63) is 0 Å². The number of aliphatic carboxylic acids is 1. The topological polar surface area (TPSA) is 40.5 Å². The predicted molar refractivity (Wildman–Crippen MR) is 55.2 cm³/mol. The van der Waals surface area contributed by atoms with Crippen LogP contribution in [-0.4, -0.2) is 46.6 Å². The van der Waals surface area contributed by atoms with Crippen molar-refractivity contribution in [3.63, 3.8) is 0 Å². The maximum atomic E-state index is 10.9. The molecule has 0 spiro atoms. The lowest BCUT2D eigenvalue weighted by molar-refractivity contribution is -0.143. The molecule has 0 aromatic rings. The Kier molecular flexibility index (Phi) is 4.06. The molecule has 0 amide bonds. The summed E-state index contributed by atoms with van der Waals surface area (Å²) in [6, 6.07) is 0.162. The van der Waals surface area contributed by atoms with Gasteiger partial charge in [0, 0.05) is 11.8 Å². The molecule has 4 heteroatoms. The van der Waals surface area contributed by atoms with E-state index in [2.05, 4.69) is 0 Å². The van der Waals surface area contributed by atoms with Gasteiger partial charge in [0.05, 0.1) is 0 Å². The zero-order chi connectivity index (χ0) is 9.84. The van der Waals surface area contributed by atoms with E-state index in [4.69, 9.17) is 5.11 Å². The van der Waals surface area contributed by atoms with Crippen molar-refractivity contribution >= 4 is 17.7 Å². The van der Waals surface area contributed by atoms with Gasteiger partial charge < -0.3 is 5.11 Å². The lowest BCUT2D eigenvalue weighted by Gasteiger charge is -2.28. The second kappa shape index (κ2) is 4.86. The molecule has 1 rings (SSSR count). The quantitative estimate of drug-likeness (QED) is 0.747. The van der Waals surface area contributed by atoms with Crippen LogP contribution in [0.4, 0.5) is 0 Å². The van der Waals surface area contributed by atoms with E-state index < -0.39 is 5.97 Å². The summed E-state index contributed by atoms with van der Waals surface area (Å²) in [5, 5.41) is 8.96. The Labute approximate surface area is 83.5 Å². The first kappa shape index (κ1) is 10.9. The zero-order valence-electron chi connectivity index (χ0n) is 8.19. The van der Waals surface area contributed by atoms with E-state index in [-0.39, 0.29) is 6.04 Å². The van der Waals surface area contributed by atoms with Gasteiger partial charge in [0.25, 0.3) is 0 Å². The van der Waals surface area contributed by atoms with Gasteiger partial charge in [-0.05, 0) is 25.6 Å². The highest BCUT2D eigenvalue weighted by Gasteiger charge is 2.28. The van der Waals surface area contributed by atoms with Crippen LogP contribution in [0.3, 0.4) is 0 Å². The summed E-state index contributed by atoms with van der Waals surface area (Å²) in [5.74, 6) is 1.56. The first-order chi connectivity index (χ1) is 6.16. The van der Waals surface area contributed by atoms with Crippen molar-refractivity contribution in [2.45, 2.75) is 31.8 Å². The minimum Gasteiger partial charge on any atom is -0.480 e. The van der Waals surface area contributed by atoms with E-state index in [9.17, 15) is 4.79 Å². The molecule has 3 nitrogen and oxygen atoms in total. The lowest BCUT2D eigenvalue weighted by atomic mass is 10.1. The first-order valence-electron chi connectivity index (χ1n) is 4.69. The third-order valence-corrected chi connectivity index (χ3v) is 3.79. The van der Waals surface area contributed by atoms with Crippen LogP contribution >= 0.6 is 11.8 Å². The summed E-state index contributed by atoms with van der Waals surface area (Å²) in [6.45, 7) is 1.93. The monoisotopic (exact) mass is 203 g/mol. The van der Waals surface area contributed by atoms with Crippen molar-refractivity contribution in [1.82, 2.24) is 4.90 Å². The molecule has 0 saturated carbocycles. The average molecular weight is 203 g/mol. The van der Waals surface area contributed by atoms with Crippen LogP contribution in [0.2, 0.25) is 0 Å². The van der Waals surface area contributed by atoms with Crippen molar-refractivity contribution in [2.75, 3.05) is 18.6 Å². The van der Waals surface area contributed by atoms with Gasteiger partial charge in [-0.2, -0.15) is 11.8 Å². The summed E-state index contributed by atoms with van der Waals surface area (Å²) in [7, 11) is 1.93. The Balaban J connectivity index is 2.51. The SMILES string of the molecule is CCC(C(=O)O)N(C)C1CCSC1. The van der Waals surface area contributed by atoms with Gasteiger partial charge in [-0.3, -0.25) is 9.69 Å². The zero-order valence-corrected chi connectivity index (χ0v) is 9.01. The molecule has 1 aliphatic rings. The van der Waals surface area contributed by atoms with Crippen molar-refractivity contribution in [1.29, 1.82) is 0 Å². The van der Waals surface area contributed by atoms with Crippen LogP contribution < -0.4 is 0 Å². The minimum absolute atomic E-state index is 0.302. The minimum atomic E-state index is -0.693. The Morgan fingerprint density at radius 1 is 1.77 bits per heavy atom. The van der Waals surface area contributed by atoms with Crippen molar-refractivity contribution in [3.8, 4) is 0 Å². The molecule has 2 unspecified atom stereocenters. The van der Waals surface area contributed by atoms with Gasteiger partial charge in [-0.15, -0.1) is 0 Å². The molecule has 13 heavy (non-hydrogen) atoms. The molecule has 1 fully saturated rings. The molecule has 1 aliphatic heterocycles. The molecule has 0 aromatic heterocycles. The highest BCUT2D eigenvalue weighted by atomic mass is 32.2. The van der Waals surface area contributed by atoms with Gasteiger partial charge in [0.1, 0.15) is 6.04 Å². The molecule has 1 saturated heterocycles. The molecule has 0 radical (unpaired) electrons. The lowest BCUT2D eigenvalue weighted by Crippen LogP contribution is -2.44. The van der Waals surface area contributed by atoms with Crippen molar-refractivity contribution < 1.29 is 9.90 Å². The number of hydrogen-bond donors (Lipinski definition) is 1. The fourth-order valence-electron chi connectivity index (χ4n) is 1.73. The molecular weight excluding hydrogens is 186 g/mol. The Morgan fingerprint density at radius 2 is 2.46 bits per heavy atom. The molecular formula is C9H17NO2S. The largest absolute Gasteiger partial charge is 0.480 e. The normalized spacial score (nSPS) is 25.0. The van der Waals surface area contributed by atoms with E-state index in [0.717, 1.165) is 12.2 Å². The van der Waals surface area contributed by atoms with Gasteiger partial charge in [0.2, 0.25) is 0 Å². The molecule has 1 heterocycles. The van der Waals surface area contributed by atoms with Gasteiger partial charge in [-0.1, -0.05) is 6.92 Å². The third kappa shape index (κ3) is 2.61. The number of carboxylic acid groups (broad SMARTS) is 1. The molecule has 0 bridgehead atoms. The number of likely N-dealkylation sites (N-methyl/N-ethyl adjacent to an activating group) is 1. The highest BCUT2D eigenvalue weighted by molar-refractivity contribution is 7.99. The predicted octanol–water partition coefficient (Wildman–Crippen LogP) is 1.29. The number of nitrogens with zero attached hydrogens (tertiary/aromatic N) is 1. The molecule has 0 aromatic carbocycles. The van der Waals surface area contributed by atoms with Crippen LogP contribution in [0.25, 0.3) is 0 Å². The second-order valence-corrected chi connectivity index (χ2v) is 4.59. The molecule has 2 atom stereocenters. The third-order valence-electron chi connectivity index (χ3n) is 2.64. The molecule has 76 valence electrons. The summed E-state index contributed by atoms with van der Waals surface area (Å²) >= 11 is 1.92. The Morgan fingerprint density at radius 3 is 2.85 bits per heavy atom. The van der Waals surface area contributed by atoms with E-state index in [1.165, 1.54) is 5.75 Å². The summed E-state index contributed by atoms with van der Waals surface area (Å²) < 4.78 is 0. The Hall–Kier alpha value is -0.220. The van der Waals surface area contributed by atoms with E-state index >= 15 is 0 Å². The Bertz CT molecular complexity index is 180. The first-order valence-corrected chi connectivity index (χ1v) is 5.84. The highest BCUT2D eigenvalue weighted by Crippen LogP contribution is 2.23. The maximum absolute atomic E-state index is 10.9. The van der Waals surface area contributed by atoms with Crippen LogP contribution in [-0.2, 0) is 4.79 Å². The second-order valence-electron chi connectivity index (χ2n) is 3.45. The summed E-state index contributed by atoms with van der Waals surface area (Å²) in [4.78, 5) is 12.9.